The van der Waals surface area contributed by atoms with Crippen molar-refractivity contribution in [3.8, 4) is 17.2 Å². The Labute approximate surface area is 271 Å². The molecule has 2 heterocycles. The third kappa shape index (κ3) is 6.56. The molecule has 6 rings (SSSR count). The second-order valence-corrected chi connectivity index (χ2v) is 11.4. The number of alkyl halides is 3. The molecule has 1 aliphatic rings. The Hall–Kier alpha value is -5.73. The minimum Gasteiger partial charge on any atom is -0.492 e. The molecule has 1 aliphatic heterocycles. The molecule has 248 valence electrons. The Morgan fingerprint density at radius 2 is 1.25 bits per heavy atom. The van der Waals surface area contributed by atoms with E-state index < -0.39 is 16.8 Å². The van der Waals surface area contributed by atoms with E-state index in [2.05, 4.69) is 44.3 Å². The van der Waals surface area contributed by atoms with Crippen LogP contribution >= 0.6 is 0 Å². The maximum absolute atomic E-state index is 13.2. The van der Waals surface area contributed by atoms with Crippen LogP contribution in [0.25, 0.3) is 11.0 Å². The van der Waals surface area contributed by atoms with Crippen LogP contribution in [0.3, 0.4) is 0 Å². The molecule has 12 nitrogen and oxygen atoms in total. The van der Waals surface area contributed by atoms with Crippen molar-refractivity contribution < 1.29 is 36.9 Å². The van der Waals surface area contributed by atoms with E-state index in [4.69, 9.17) is 14.2 Å². The molecular weight excluding hydrogens is 633 g/mol. The van der Waals surface area contributed by atoms with Crippen molar-refractivity contribution in [2.75, 3.05) is 31.7 Å². The summed E-state index contributed by atoms with van der Waals surface area (Å²) in [6, 6.07) is 24.0. The quantitative estimate of drug-likeness (QED) is 0.0722. The zero-order valence-corrected chi connectivity index (χ0v) is 25.7. The van der Waals surface area contributed by atoms with Crippen LogP contribution in [0.4, 0.5) is 24.5 Å². The van der Waals surface area contributed by atoms with Crippen molar-refractivity contribution in [2.24, 2.45) is 10.2 Å². The molecule has 15 heteroatoms. The highest BCUT2D eigenvalue weighted by Gasteiger charge is 2.65. The van der Waals surface area contributed by atoms with Crippen molar-refractivity contribution >= 4 is 22.4 Å². The highest BCUT2D eigenvalue weighted by molar-refractivity contribution is 5.93. The van der Waals surface area contributed by atoms with Crippen LogP contribution in [0.2, 0.25) is 0 Å². The molecule has 4 aromatic carbocycles. The number of fused-ring (bicyclic) bond motifs is 1. The molecule has 0 fully saturated rings. The van der Waals surface area contributed by atoms with Crippen LogP contribution in [-0.4, -0.2) is 47.8 Å². The summed E-state index contributed by atoms with van der Waals surface area (Å²) < 4.78 is 61.4. The highest BCUT2D eigenvalue weighted by atomic mass is 19.4. The monoisotopic (exact) mass is 662 g/mol. The molecule has 1 N–H and O–H groups in total. The van der Waals surface area contributed by atoms with Gasteiger partial charge < -0.3 is 19.5 Å². The molecule has 5 aromatic rings. The predicted molar refractivity (Wildman–Crippen MR) is 167 cm³/mol. The molecule has 0 unspecified atom stereocenters. The first-order valence-electron chi connectivity index (χ1n) is 14.8. The molecule has 0 amide bonds. The summed E-state index contributed by atoms with van der Waals surface area (Å²) in [7, 11) is 0. The standard InChI is InChI=1S/C33H29F3N6O6/c1-31(2,21-3-9-24(10-4-21)45-18-17-37-27-15-16-28(42(43)44)30-29(27)38-48-39-30)22-5-11-25(12-6-22)46-19-20-47-26-13-7-23(8-14-26)32(40-41-32)33(34,35)36/h3-16,37H,17-20H2,1-2H3. The maximum Gasteiger partial charge on any atom is 0.442 e. The Morgan fingerprint density at radius 1 is 0.750 bits per heavy atom. The fourth-order valence-electron chi connectivity index (χ4n) is 5.15. The fourth-order valence-corrected chi connectivity index (χ4v) is 5.15. The van der Waals surface area contributed by atoms with Gasteiger partial charge in [-0.25, -0.2) is 4.63 Å². The molecule has 0 aliphatic carbocycles. The number of ether oxygens (including phenoxy) is 3. The molecule has 0 atom stereocenters. The number of hydrogen-bond donors (Lipinski definition) is 1. The maximum atomic E-state index is 13.2. The van der Waals surface area contributed by atoms with Crippen LogP contribution < -0.4 is 19.5 Å². The molecule has 0 saturated heterocycles. The van der Waals surface area contributed by atoms with Crippen molar-refractivity contribution in [3.05, 3.63) is 112 Å². The summed E-state index contributed by atoms with van der Waals surface area (Å²) in [5.41, 5.74) is 0.0794. The van der Waals surface area contributed by atoms with Gasteiger partial charge >= 0.3 is 17.5 Å². The summed E-state index contributed by atoms with van der Waals surface area (Å²) in [6.45, 7) is 5.44. The van der Waals surface area contributed by atoms with Gasteiger partial charge in [-0.05, 0) is 63.9 Å². The SMILES string of the molecule is CC(C)(c1ccc(OCCNc2ccc([N+](=O)[O-])c3nonc23)cc1)c1ccc(OCCOc2ccc(C3(C(F)(F)F)N=N3)cc2)cc1. The van der Waals surface area contributed by atoms with Gasteiger partial charge in [0.25, 0.3) is 0 Å². The van der Waals surface area contributed by atoms with E-state index in [0.717, 1.165) is 11.1 Å². The average Bonchev–Trinajstić information content (AvgIpc) is 3.76. The molecule has 0 spiro atoms. The van der Waals surface area contributed by atoms with E-state index in [1.54, 1.807) is 6.07 Å². The topological polar surface area (TPSA) is 146 Å². The second kappa shape index (κ2) is 12.8. The van der Waals surface area contributed by atoms with Crippen molar-refractivity contribution in [2.45, 2.75) is 31.1 Å². The summed E-state index contributed by atoms with van der Waals surface area (Å²) in [5, 5.41) is 28.1. The third-order valence-corrected chi connectivity index (χ3v) is 8.00. The van der Waals surface area contributed by atoms with Gasteiger partial charge in [0.2, 0.25) is 5.52 Å². The van der Waals surface area contributed by atoms with E-state index >= 15 is 0 Å². The zero-order chi connectivity index (χ0) is 33.9. The summed E-state index contributed by atoms with van der Waals surface area (Å²) in [4.78, 5) is 10.6. The summed E-state index contributed by atoms with van der Waals surface area (Å²) in [6.07, 6.45) is -4.57. The van der Waals surface area contributed by atoms with Gasteiger partial charge in [0.05, 0.1) is 10.6 Å². The van der Waals surface area contributed by atoms with Crippen LogP contribution in [0.15, 0.2) is 99.8 Å². The number of hydrogen-bond acceptors (Lipinski definition) is 11. The van der Waals surface area contributed by atoms with Crippen molar-refractivity contribution in [1.82, 2.24) is 10.3 Å². The first-order chi connectivity index (χ1) is 23.0. The van der Waals surface area contributed by atoms with Gasteiger partial charge in [-0.1, -0.05) is 50.2 Å². The lowest BCUT2D eigenvalue weighted by Crippen LogP contribution is -2.29. The number of nitro groups is 1. The summed E-state index contributed by atoms with van der Waals surface area (Å²) >= 11 is 0. The Bertz CT molecular complexity index is 1920. The lowest BCUT2D eigenvalue weighted by Gasteiger charge is -2.26. The first-order valence-corrected chi connectivity index (χ1v) is 14.8. The minimum absolute atomic E-state index is 0.0504. The van der Waals surface area contributed by atoms with Crippen molar-refractivity contribution in [1.29, 1.82) is 0 Å². The molecule has 0 bridgehead atoms. The number of non-ortho nitro benzene ring substituents is 1. The lowest BCUT2D eigenvalue weighted by atomic mass is 9.78. The highest BCUT2D eigenvalue weighted by Crippen LogP contribution is 2.52. The van der Waals surface area contributed by atoms with Crippen LogP contribution in [-0.2, 0) is 11.1 Å². The van der Waals surface area contributed by atoms with E-state index in [1.165, 1.54) is 30.3 Å². The van der Waals surface area contributed by atoms with Crippen molar-refractivity contribution in [3.63, 3.8) is 0 Å². The smallest absolute Gasteiger partial charge is 0.442 e. The normalized spacial score (nSPS) is 13.7. The molecular formula is C33H29F3N6O6. The predicted octanol–water partition coefficient (Wildman–Crippen LogP) is 7.59. The Balaban J connectivity index is 0.951. The number of rotatable bonds is 14. The summed E-state index contributed by atoms with van der Waals surface area (Å²) in [5.74, 6) is 1.76. The van der Waals surface area contributed by atoms with E-state index in [0.29, 0.717) is 36.1 Å². The zero-order valence-electron chi connectivity index (χ0n) is 25.7. The third-order valence-electron chi connectivity index (χ3n) is 8.00. The minimum atomic E-state index is -4.57. The first kappa shape index (κ1) is 32.2. The number of benzene rings is 4. The number of nitro benzene ring substituents is 1. The van der Waals surface area contributed by atoms with E-state index in [-0.39, 0.29) is 40.9 Å². The largest absolute Gasteiger partial charge is 0.492 e. The second-order valence-electron chi connectivity index (χ2n) is 11.4. The Kier molecular flexibility index (Phi) is 8.60. The van der Waals surface area contributed by atoms with E-state index in [1.807, 2.05) is 48.5 Å². The van der Waals surface area contributed by atoms with Gasteiger partial charge in [-0.3, -0.25) is 10.1 Å². The average molecular weight is 663 g/mol. The van der Waals surface area contributed by atoms with Gasteiger partial charge in [-0.15, -0.1) is 10.2 Å². The van der Waals surface area contributed by atoms with E-state index in [9.17, 15) is 23.3 Å². The number of nitrogens with zero attached hydrogens (tertiary/aromatic N) is 5. The molecule has 1 aromatic heterocycles. The molecule has 48 heavy (non-hydrogen) atoms. The number of aromatic nitrogens is 2. The van der Waals surface area contributed by atoms with Gasteiger partial charge in [0.1, 0.15) is 37.1 Å². The van der Waals surface area contributed by atoms with Crippen LogP contribution in [0.5, 0.6) is 17.2 Å². The number of nitrogens with one attached hydrogen (secondary N) is 1. The van der Waals surface area contributed by atoms with Crippen LogP contribution in [0, 0.1) is 10.1 Å². The molecule has 0 saturated carbocycles. The van der Waals surface area contributed by atoms with Gasteiger partial charge in [0.15, 0.2) is 5.52 Å². The Morgan fingerprint density at radius 3 is 1.75 bits per heavy atom. The lowest BCUT2D eigenvalue weighted by molar-refractivity contribution is -0.383. The number of halogens is 3. The molecule has 0 radical (unpaired) electrons. The van der Waals surface area contributed by atoms with Gasteiger partial charge in [-0.2, -0.15) is 13.2 Å². The van der Waals surface area contributed by atoms with Gasteiger partial charge in [0, 0.05) is 23.6 Å². The fraction of sp³-hybridized carbons (Fsp3) is 0.273. The number of anilines is 1. The van der Waals surface area contributed by atoms with Crippen LogP contribution in [0.1, 0.15) is 30.5 Å².